The summed E-state index contributed by atoms with van der Waals surface area (Å²) in [6, 6.07) is 4.02. The molecule has 2 N–H and O–H groups in total. The number of piperazine rings is 1. The van der Waals surface area contributed by atoms with Crippen LogP contribution in [0.2, 0.25) is 5.02 Å². The van der Waals surface area contributed by atoms with Crippen LogP contribution in [0.25, 0.3) is 0 Å². The Hall–Kier alpha value is -0.930. The Kier molecular flexibility index (Phi) is 16.2. The fourth-order valence-electron chi connectivity index (χ4n) is 3.64. The number of hydrogen-bond acceptors (Lipinski definition) is 3. The summed E-state index contributed by atoms with van der Waals surface area (Å²) in [4.78, 5) is 16.2. The average Bonchev–Trinajstić information content (AvgIpc) is 2.73. The SMILES string of the molecule is CCCCCCNC(=O)NCCCN1CCN(Cc2ccc(Cl)c(C(F)(F)F)c2)CC1.Cl.Cl. The van der Waals surface area contributed by atoms with Crippen LogP contribution in [-0.2, 0) is 12.7 Å². The van der Waals surface area contributed by atoms with Gasteiger partial charge in [-0.25, -0.2) is 4.79 Å². The molecule has 1 saturated heterocycles. The van der Waals surface area contributed by atoms with Gasteiger partial charge in [-0.05, 0) is 37.1 Å². The maximum absolute atomic E-state index is 13.0. The molecule has 2 rings (SSSR count). The van der Waals surface area contributed by atoms with Crippen LogP contribution < -0.4 is 10.6 Å². The van der Waals surface area contributed by atoms with Crippen LogP contribution in [0, 0.1) is 0 Å². The predicted molar refractivity (Wildman–Crippen MR) is 133 cm³/mol. The van der Waals surface area contributed by atoms with Crippen molar-refractivity contribution in [3.05, 3.63) is 34.3 Å². The molecule has 0 bridgehead atoms. The van der Waals surface area contributed by atoms with Crippen molar-refractivity contribution in [1.82, 2.24) is 20.4 Å². The topological polar surface area (TPSA) is 47.6 Å². The third-order valence-corrected chi connectivity index (χ3v) is 5.79. The van der Waals surface area contributed by atoms with Gasteiger partial charge in [0.25, 0.3) is 0 Å². The van der Waals surface area contributed by atoms with Crippen LogP contribution in [0.4, 0.5) is 18.0 Å². The zero-order valence-corrected chi connectivity index (χ0v) is 21.4. The summed E-state index contributed by atoms with van der Waals surface area (Å²) in [5.41, 5.74) is -0.155. The zero-order valence-electron chi connectivity index (χ0n) is 19.1. The molecule has 1 aliphatic heterocycles. The summed E-state index contributed by atoms with van der Waals surface area (Å²) >= 11 is 5.70. The Labute approximate surface area is 212 Å². The normalized spacial score (nSPS) is 14.8. The second-order valence-corrected chi connectivity index (χ2v) is 8.43. The van der Waals surface area contributed by atoms with Crippen molar-refractivity contribution in [2.75, 3.05) is 45.8 Å². The lowest BCUT2D eigenvalue weighted by Crippen LogP contribution is -2.46. The number of urea groups is 1. The number of carbonyl (C=O) groups excluding carboxylic acids is 1. The van der Waals surface area contributed by atoms with Crippen molar-refractivity contribution in [1.29, 1.82) is 0 Å². The summed E-state index contributed by atoms with van der Waals surface area (Å²) in [6.07, 6.45) is 0.968. The van der Waals surface area contributed by atoms with E-state index in [1.807, 2.05) is 0 Å². The van der Waals surface area contributed by atoms with Crippen molar-refractivity contribution >= 4 is 42.4 Å². The van der Waals surface area contributed by atoms with E-state index < -0.39 is 11.7 Å². The fraction of sp³-hybridized carbons (Fsp3) is 0.682. The lowest BCUT2D eigenvalue weighted by atomic mass is 10.1. The molecule has 11 heteroatoms. The van der Waals surface area contributed by atoms with E-state index in [1.54, 1.807) is 6.07 Å². The molecule has 33 heavy (non-hydrogen) atoms. The molecule has 0 unspecified atom stereocenters. The molecule has 0 aliphatic carbocycles. The van der Waals surface area contributed by atoms with E-state index in [0.717, 1.165) is 58.1 Å². The Balaban J connectivity index is 0.00000512. The van der Waals surface area contributed by atoms with E-state index in [1.165, 1.54) is 18.9 Å². The molecular weight excluding hydrogens is 500 g/mol. The van der Waals surface area contributed by atoms with Crippen LogP contribution in [0.3, 0.4) is 0 Å². The molecule has 1 aromatic carbocycles. The molecule has 0 radical (unpaired) electrons. The number of hydrogen-bond donors (Lipinski definition) is 2. The van der Waals surface area contributed by atoms with Crippen LogP contribution in [0.15, 0.2) is 18.2 Å². The molecule has 1 heterocycles. The summed E-state index contributed by atoms with van der Waals surface area (Å²) in [6.45, 7) is 8.21. The second kappa shape index (κ2) is 16.7. The number of nitrogens with zero attached hydrogens (tertiary/aromatic N) is 2. The highest BCUT2D eigenvalue weighted by molar-refractivity contribution is 6.31. The molecule has 1 aliphatic rings. The highest BCUT2D eigenvalue weighted by Crippen LogP contribution is 2.35. The standard InChI is InChI=1S/C22H34ClF3N4O.2ClH/c1-2-3-4-5-9-27-21(31)28-10-6-11-29-12-14-30(15-13-29)17-18-7-8-20(23)19(16-18)22(24,25)26;;/h7-8,16H,2-6,9-15,17H2,1H3,(H2,27,28,31);2*1H. The van der Waals surface area contributed by atoms with Gasteiger partial charge in [0, 0.05) is 45.8 Å². The van der Waals surface area contributed by atoms with Gasteiger partial charge in [-0.1, -0.05) is 43.9 Å². The monoisotopic (exact) mass is 534 g/mol. The van der Waals surface area contributed by atoms with Crippen LogP contribution in [-0.4, -0.2) is 61.6 Å². The Bertz CT molecular complexity index is 687. The van der Waals surface area contributed by atoms with Crippen LogP contribution in [0.5, 0.6) is 0 Å². The van der Waals surface area contributed by atoms with Crippen molar-refractivity contribution in [2.24, 2.45) is 0 Å². The lowest BCUT2D eigenvalue weighted by molar-refractivity contribution is -0.137. The molecule has 192 valence electrons. The van der Waals surface area contributed by atoms with Gasteiger partial charge in [0.05, 0.1) is 10.6 Å². The van der Waals surface area contributed by atoms with Crippen molar-refractivity contribution < 1.29 is 18.0 Å². The number of carbonyl (C=O) groups is 1. The van der Waals surface area contributed by atoms with Gasteiger partial charge in [-0.2, -0.15) is 13.2 Å². The zero-order chi connectivity index (χ0) is 22.7. The molecule has 2 amide bonds. The minimum atomic E-state index is -4.44. The summed E-state index contributed by atoms with van der Waals surface area (Å²) in [7, 11) is 0. The van der Waals surface area contributed by atoms with Gasteiger partial charge in [0.1, 0.15) is 0 Å². The quantitative estimate of drug-likeness (QED) is 0.363. The van der Waals surface area contributed by atoms with E-state index in [9.17, 15) is 18.0 Å². The fourth-order valence-corrected chi connectivity index (χ4v) is 3.86. The number of benzene rings is 1. The first-order valence-electron chi connectivity index (χ1n) is 11.1. The molecule has 1 aromatic rings. The van der Waals surface area contributed by atoms with E-state index in [-0.39, 0.29) is 35.9 Å². The maximum Gasteiger partial charge on any atom is 0.417 e. The van der Waals surface area contributed by atoms with E-state index in [0.29, 0.717) is 25.2 Å². The third kappa shape index (κ3) is 12.4. The first-order valence-corrected chi connectivity index (χ1v) is 11.5. The number of unbranched alkanes of at least 4 members (excludes halogenated alkanes) is 3. The van der Waals surface area contributed by atoms with Crippen molar-refractivity contribution in [2.45, 2.75) is 51.7 Å². The van der Waals surface area contributed by atoms with Gasteiger partial charge in [0.2, 0.25) is 0 Å². The van der Waals surface area contributed by atoms with Gasteiger partial charge in [0.15, 0.2) is 0 Å². The molecule has 1 fully saturated rings. The Morgan fingerprint density at radius 3 is 2.18 bits per heavy atom. The minimum Gasteiger partial charge on any atom is -0.338 e. The van der Waals surface area contributed by atoms with Gasteiger partial charge < -0.3 is 15.5 Å². The maximum atomic E-state index is 13.0. The van der Waals surface area contributed by atoms with Crippen LogP contribution >= 0.6 is 36.4 Å². The van der Waals surface area contributed by atoms with Gasteiger partial charge >= 0.3 is 12.2 Å². The number of halogens is 6. The minimum absolute atomic E-state index is 0. The highest BCUT2D eigenvalue weighted by Gasteiger charge is 2.33. The second-order valence-electron chi connectivity index (χ2n) is 8.03. The van der Waals surface area contributed by atoms with E-state index in [2.05, 4.69) is 27.4 Å². The molecule has 0 spiro atoms. The number of rotatable bonds is 11. The summed E-state index contributed by atoms with van der Waals surface area (Å²) in [5.74, 6) is 0. The molecular formula is C22H36Cl3F3N4O. The summed E-state index contributed by atoms with van der Waals surface area (Å²) in [5, 5.41) is 5.50. The van der Waals surface area contributed by atoms with Gasteiger partial charge in [-0.3, -0.25) is 4.90 Å². The highest BCUT2D eigenvalue weighted by atomic mass is 35.5. The number of amides is 2. The summed E-state index contributed by atoms with van der Waals surface area (Å²) < 4.78 is 39.1. The Morgan fingerprint density at radius 1 is 0.970 bits per heavy atom. The lowest BCUT2D eigenvalue weighted by Gasteiger charge is -2.34. The third-order valence-electron chi connectivity index (χ3n) is 5.46. The molecule has 0 saturated carbocycles. The predicted octanol–water partition coefficient (Wildman–Crippen LogP) is 5.59. The van der Waals surface area contributed by atoms with Crippen LogP contribution in [0.1, 0.15) is 50.2 Å². The van der Waals surface area contributed by atoms with E-state index in [4.69, 9.17) is 11.6 Å². The number of nitrogens with one attached hydrogen (secondary N) is 2. The smallest absolute Gasteiger partial charge is 0.338 e. The van der Waals surface area contributed by atoms with Gasteiger partial charge in [-0.15, -0.1) is 24.8 Å². The average molecular weight is 536 g/mol. The number of alkyl halides is 3. The first-order chi connectivity index (χ1) is 14.8. The Morgan fingerprint density at radius 2 is 1.58 bits per heavy atom. The van der Waals surface area contributed by atoms with Crippen molar-refractivity contribution in [3.8, 4) is 0 Å². The first kappa shape index (κ1) is 32.1. The molecule has 0 aromatic heterocycles. The largest absolute Gasteiger partial charge is 0.417 e. The molecule has 0 atom stereocenters. The molecule has 5 nitrogen and oxygen atoms in total. The van der Waals surface area contributed by atoms with Crippen molar-refractivity contribution in [3.63, 3.8) is 0 Å². The van der Waals surface area contributed by atoms with E-state index >= 15 is 0 Å².